The molecule has 6 nitrogen and oxygen atoms in total. The molecule has 0 saturated carbocycles. The maximum absolute atomic E-state index is 14.7. The molecule has 0 aliphatic carbocycles. The second-order valence-corrected chi connectivity index (χ2v) is 9.55. The van der Waals surface area contributed by atoms with Crippen LogP contribution in [0.15, 0.2) is 79.0 Å². The molecular formula is C29H24N4O2. The first kappa shape index (κ1) is 21.3. The first-order valence-electron chi connectivity index (χ1n) is 11.7. The fraction of sp³-hybridized carbons (Fsp3) is 0.207. The topological polar surface area (TPSA) is 89.0 Å². The number of likely N-dealkylation sites (N-methyl/N-ethyl adjacent to an activating group) is 1. The number of nitrogens with zero attached hydrogens (tertiary/aromatic N) is 2. The number of para-hydroxylation sites is 2. The van der Waals surface area contributed by atoms with Crippen molar-refractivity contribution in [2.75, 3.05) is 18.9 Å². The molecule has 1 amide bonds. The number of aromatic nitrogens is 1. The Kier molecular flexibility index (Phi) is 4.51. The number of carbonyl (C=O) groups is 2. The number of nitriles is 1. The molecule has 1 fully saturated rings. The zero-order chi connectivity index (χ0) is 24.4. The molecule has 6 heteroatoms. The minimum absolute atomic E-state index is 0.342. The molecule has 6 rings (SSSR count). The van der Waals surface area contributed by atoms with Gasteiger partial charge in [-0.3, -0.25) is 14.5 Å². The van der Waals surface area contributed by atoms with Crippen molar-refractivity contribution in [2.45, 2.75) is 18.4 Å². The van der Waals surface area contributed by atoms with E-state index in [0.717, 1.165) is 22.0 Å². The van der Waals surface area contributed by atoms with Gasteiger partial charge >= 0.3 is 0 Å². The maximum atomic E-state index is 14.7. The van der Waals surface area contributed by atoms with Crippen LogP contribution in [0.4, 0.5) is 5.69 Å². The van der Waals surface area contributed by atoms with E-state index in [2.05, 4.69) is 16.4 Å². The molecule has 0 radical (unpaired) electrons. The Morgan fingerprint density at radius 3 is 2.54 bits per heavy atom. The summed E-state index contributed by atoms with van der Waals surface area (Å²) < 4.78 is 0. The number of amides is 1. The van der Waals surface area contributed by atoms with Crippen LogP contribution < -0.4 is 5.32 Å². The summed E-state index contributed by atoms with van der Waals surface area (Å²) in [4.78, 5) is 33.8. The number of anilines is 1. The van der Waals surface area contributed by atoms with Gasteiger partial charge in [-0.25, -0.2) is 0 Å². The number of Topliss-reactive ketones (excluding diaryl/α,β-unsaturated/α-hetero) is 1. The number of aryl methyl sites for hydroxylation is 1. The lowest BCUT2D eigenvalue weighted by Gasteiger charge is -2.41. The molecule has 1 spiro atoms. The highest BCUT2D eigenvalue weighted by molar-refractivity contribution is 6.18. The zero-order valence-electron chi connectivity index (χ0n) is 19.5. The largest absolute Gasteiger partial charge is 0.360 e. The molecule has 1 saturated heterocycles. The van der Waals surface area contributed by atoms with Crippen molar-refractivity contribution in [3.8, 4) is 6.07 Å². The first-order valence-corrected chi connectivity index (χ1v) is 11.7. The summed E-state index contributed by atoms with van der Waals surface area (Å²) in [5.74, 6) is -1.21. The summed E-state index contributed by atoms with van der Waals surface area (Å²) in [5, 5.41) is 14.8. The van der Waals surface area contributed by atoms with Gasteiger partial charge in [-0.05, 0) is 31.7 Å². The number of hydrogen-bond donors (Lipinski definition) is 2. The standard InChI is InChI=1S/C29H24N4O2/c1-18-11-13-19(14-12-18)23-16-33(2)29(22-8-4-6-10-25(22)32-27(29)35)28(23,17-30)26(34)21-15-31-24-9-5-3-7-20(21)24/h3-15,23,31H,16H2,1-2H3,(H,32,35)/t23-,28+,29-/m0/s1. The van der Waals surface area contributed by atoms with Crippen LogP contribution in [-0.4, -0.2) is 35.2 Å². The number of fused-ring (bicyclic) bond motifs is 3. The summed E-state index contributed by atoms with van der Waals surface area (Å²) in [5.41, 5.74) is 1.33. The Morgan fingerprint density at radius 2 is 1.77 bits per heavy atom. The van der Waals surface area contributed by atoms with Crippen LogP contribution in [0, 0.1) is 23.7 Å². The van der Waals surface area contributed by atoms with E-state index in [1.54, 1.807) is 6.20 Å². The van der Waals surface area contributed by atoms with Gasteiger partial charge in [0.15, 0.2) is 16.7 Å². The number of ketones is 1. The number of benzene rings is 3. The molecule has 2 N–H and O–H groups in total. The maximum Gasteiger partial charge on any atom is 0.251 e. The Labute approximate surface area is 203 Å². The predicted molar refractivity (Wildman–Crippen MR) is 134 cm³/mol. The normalized spacial score (nSPS) is 25.5. The second-order valence-electron chi connectivity index (χ2n) is 9.55. The first-order chi connectivity index (χ1) is 16.9. The average molecular weight is 461 g/mol. The van der Waals surface area contributed by atoms with E-state index >= 15 is 0 Å². The third-order valence-corrected chi connectivity index (χ3v) is 7.86. The number of rotatable bonds is 3. The van der Waals surface area contributed by atoms with Crippen molar-refractivity contribution in [3.63, 3.8) is 0 Å². The van der Waals surface area contributed by atoms with Crippen LogP contribution in [0.3, 0.4) is 0 Å². The van der Waals surface area contributed by atoms with Crippen molar-refractivity contribution in [1.82, 2.24) is 9.88 Å². The van der Waals surface area contributed by atoms with E-state index in [1.807, 2.05) is 91.7 Å². The lowest BCUT2D eigenvalue weighted by molar-refractivity contribution is -0.128. The molecule has 1 aromatic heterocycles. The van der Waals surface area contributed by atoms with Crippen LogP contribution in [0.25, 0.3) is 10.9 Å². The van der Waals surface area contributed by atoms with Crippen molar-refractivity contribution in [2.24, 2.45) is 5.41 Å². The van der Waals surface area contributed by atoms with E-state index in [1.165, 1.54) is 0 Å². The Balaban J connectivity index is 1.68. The molecule has 0 bridgehead atoms. The minimum Gasteiger partial charge on any atom is -0.360 e. The van der Waals surface area contributed by atoms with E-state index < -0.39 is 16.9 Å². The second kappa shape index (κ2) is 7.39. The van der Waals surface area contributed by atoms with Gasteiger partial charge in [-0.15, -0.1) is 0 Å². The van der Waals surface area contributed by atoms with Gasteiger partial charge in [-0.2, -0.15) is 5.26 Å². The predicted octanol–water partition coefficient (Wildman–Crippen LogP) is 4.75. The van der Waals surface area contributed by atoms with Gasteiger partial charge < -0.3 is 10.3 Å². The van der Waals surface area contributed by atoms with Crippen molar-refractivity contribution >= 4 is 28.3 Å². The average Bonchev–Trinajstić information content (AvgIpc) is 3.51. The van der Waals surface area contributed by atoms with Crippen molar-refractivity contribution in [1.29, 1.82) is 5.26 Å². The third kappa shape index (κ3) is 2.56. The van der Waals surface area contributed by atoms with E-state index in [4.69, 9.17) is 0 Å². The number of hydrogen-bond acceptors (Lipinski definition) is 4. The van der Waals surface area contributed by atoms with Crippen LogP contribution in [-0.2, 0) is 10.3 Å². The molecule has 4 aromatic rings. The highest BCUT2D eigenvalue weighted by atomic mass is 16.2. The molecule has 2 aliphatic rings. The number of H-pyrrole nitrogens is 1. The summed E-state index contributed by atoms with van der Waals surface area (Å²) in [6.45, 7) is 2.38. The fourth-order valence-electron chi connectivity index (χ4n) is 6.27. The lowest BCUT2D eigenvalue weighted by atomic mass is 9.58. The highest BCUT2D eigenvalue weighted by Gasteiger charge is 2.74. The summed E-state index contributed by atoms with van der Waals surface area (Å²) in [6.07, 6.45) is 1.67. The molecule has 0 unspecified atom stereocenters. The van der Waals surface area contributed by atoms with Gasteiger partial charge in [-0.1, -0.05) is 66.2 Å². The lowest BCUT2D eigenvalue weighted by Crippen LogP contribution is -2.58. The van der Waals surface area contributed by atoms with E-state index in [9.17, 15) is 14.9 Å². The SMILES string of the molecule is Cc1ccc([C@@H]2CN(C)[C@@]3(C(=O)Nc4ccccc43)[C@@]2(C#N)C(=O)c2c[nH]c3ccccc23)cc1. The van der Waals surface area contributed by atoms with Crippen LogP contribution in [0.2, 0.25) is 0 Å². The molecule has 3 atom stereocenters. The van der Waals surface area contributed by atoms with Crippen molar-refractivity contribution in [3.05, 3.63) is 101 Å². The number of likely N-dealkylation sites (tertiary alicyclic amines) is 1. The smallest absolute Gasteiger partial charge is 0.251 e. The van der Waals surface area contributed by atoms with E-state index in [-0.39, 0.29) is 11.7 Å². The minimum atomic E-state index is -1.70. The summed E-state index contributed by atoms with van der Waals surface area (Å²) in [6, 6.07) is 25.3. The van der Waals surface area contributed by atoms with Crippen LogP contribution in [0.1, 0.15) is 33.0 Å². The molecule has 3 aromatic carbocycles. The Hall–Kier alpha value is -4.21. The Bertz CT molecular complexity index is 1550. The van der Waals surface area contributed by atoms with Gasteiger partial charge in [0.1, 0.15) is 0 Å². The molecule has 35 heavy (non-hydrogen) atoms. The van der Waals surface area contributed by atoms with Crippen molar-refractivity contribution < 1.29 is 9.59 Å². The number of nitrogens with one attached hydrogen (secondary N) is 2. The fourth-order valence-corrected chi connectivity index (χ4v) is 6.27. The quantitative estimate of drug-likeness (QED) is 0.432. The Morgan fingerprint density at radius 1 is 1.06 bits per heavy atom. The number of aromatic amines is 1. The summed E-state index contributed by atoms with van der Waals surface area (Å²) in [7, 11) is 1.84. The van der Waals surface area contributed by atoms with Crippen LogP contribution in [0.5, 0.6) is 0 Å². The molecule has 2 aliphatic heterocycles. The molecular weight excluding hydrogens is 436 g/mol. The highest BCUT2D eigenvalue weighted by Crippen LogP contribution is 2.63. The summed E-state index contributed by atoms with van der Waals surface area (Å²) >= 11 is 0. The molecule has 3 heterocycles. The third-order valence-electron chi connectivity index (χ3n) is 7.86. The van der Waals surface area contributed by atoms with Gasteiger partial charge in [0.05, 0.1) is 6.07 Å². The van der Waals surface area contributed by atoms with Crippen LogP contribution >= 0.6 is 0 Å². The zero-order valence-corrected chi connectivity index (χ0v) is 19.5. The van der Waals surface area contributed by atoms with Gasteiger partial charge in [0, 0.05) is 46.4 Å². The van der Waals surface area contributed by atoms with Gasteiger partial charge in [0.25, 0.3) is 5.91 Å². The molecule has 172 valence electrons. The van der Waals surface area contributed by atoms with E-state index in [0.29, 0.717) is 23.4 Å². The van der Waals surface area contributed by atoms with Gasteiger partial charge in [0.2, 0.25) is 0 Å². The number of carbonyl (C=O) groups excluding carboxylic acids is 2. The monoisotopic (exact) mass is 460 g/mol.